The monoisotopic (exact) mass is 582 g/mol. The van der Waals surface area contributed by atoms with Crippen molar-refractivity contribution >= 4 is 56.3 Å². The molecular weight excluding hydrogens is 540 g/mol. The minimum atomic E-state index is 0.681. The van der Waals surface area contributed by atoms with Crippen molar-refractivity contribution in [3.63, 3.8) is 0 Å². The lowest BCUT2D eigenvalue weighted by Crippen LogP contribution is -2.43. The minimum absolute atomic E-state index is 0.681. The molecule has 220 valence electrons. The van der Waals surface area contributed by atoms with Gasteiger partial charge in [0.05, 0.1) is 33.8 Å². The van der Waals surface area contributed by atoms with Crippen LogP contribution in [-0.4, -0.2) is 58.2 Å². The Morgan fingerprint density at radius 1 is 1.07 bits per heavy atom. The molecule has 1 fully saturated rings. The van der Waals surface area contributed by atoms with Crippen molar-refractivity contribution in [2.24, 2.45) is 4.99 Å². The standard InChI is InChI=1S/C31H36N8S.C2H6/c1-6-26(28-20-33-30-19-24(13-14-39(28)30)22(3)38-17-15-37(5)16-18-38)35-23(4)36-31-12-11-29(40-31)21(2)34-27-10-8-7-9-25(27)32;1-2/h6-14,19-20,34H,2-3,15-18,32H2,1,4-5H3,(H,35,36);1-2H3/b26-6-;. The number of para-hydroxylation sites is 2. The Morgan fingerprint density at radius 3 is 2.52 bits per heavy atom. The first kappa shape index (κ1) is 30.6. The number of allylic oxidation sites excluding steroid dienone is 1. The van der Waals surface area contributed by atoms with Crippen LogP contribution in [0.2, 0.25) is 0 Å². The molecule has 4 heterocycles. The Labute approximate surface area is 253 Å². The molecule has 42 heavy (non-hydrogen) atoms. The summed E-state index contributed by atoms with van der Waals surface area (Å²) < 4.78 is 2.09. The highest BCUT2D eigenvalue weighted by atomic mass is 32.1. The van der Waals surface area contributed by atoms with Gasteiger partial charge in [0.1, 0.15) is 16.5 Å². The molecule has 4 aromatic rings. The number of amidine groups is 1. The van der Waals surface area contributed by atoms with E-state index in [1.807, 2.05) is 76.4 Å². The third kappa shape index (κ3) is 7.10. The largest absolute Gasteiger partial charge is 0.397 e. The lowest BCUT2D eigenvalue weighted by Gasteiger charge is -2.35. The fourth-order valence-corrected chi connectivity index (χ4v) is 5.53. The summed E-state index contributed by atoms with van der Waals surface area (Å²) in [5.74, 6) is 0.780. The Morgan fingerprint density at radius 2 is 1.81 bits per heavy atom. The van der Waals surface area contributed by atoms with Crippen LogP contribution in [-0.2, 0) is 0 Å². The summed E-state index contributed by atoms with van der Waals surface area (Å²) >= 11 is 1.56. The van der Waals surface area contributed by atoms with E-state index in [1.54, 1.807) is 11.3 Å². The van der Waals surface area contributed by atoms with Gasteiger partial charge < -0.3 is 26.2 Å². The number of hydrogen-bond acceptors (Lipinski definition) is 7. The first-order valence-corrected chi connectivity index (χ1v) is 15.1. The number of aliphatic imine (C=N–C) groups is 1. The second-order valence-corrected chi connectivity index (χ2v) is 10.9. The Bertz CT molecular complexity index is 1600. The molecule has 4 N–H and O–H groups in total. The molecule has 0 atom stereocenters. The zero-order chi connectivity index (χ0) is 30.2. The van der Waals surface area contributed by atoms with Crippen molar-refractivity contribution in [1.29, 1.82) is 0 Å². The molecule has 0 bridgehead atoms. The van der Waals surface area contributed by atoms with Gasteiger partial charge in [-0.05, 0) is 57.3 Å². The van der Waals surface area contributed by atoms with E-state index < -0.39 is 0 Å². The number of rotatable bonds is 8. The van der Waals surface area contributed by atoms with Crippen molar-refractivity contribution in [3.8, 4) is 0 Å². The van der Waals surface area contributed by atoms with Gasteiger partial charge in [-0.15, -0.1) is 11.3 Å². The number of pyridine rings is 1. The van der Waals surface area contributed by atoms with Crippen LogP contribution in [0.25, 0.3) is 22.7 Å². The van der Waals surface area contributed by atoms with Crippen LogP contribution in [0.1, 0.15) is 43.8 Å². The van der Waals surface area contributed by atoms with Gasteiger partial charge in [0, 0.05) is 49.3 Å². The number of nitrogens with one attached hydrogen (secondary N) is 2. The number of piperazine rings is 1. The van der Waals surface area contributed by atoms with Crippen LogP contribution in [0.3, 0.4) is 0 Å². The summed E-state index contributed by atoms with van der Waals surface area (Å²) in [4.78, 5) is 15.2. The molecule has 0 radical (unpaired) electrons. The van der Waals surface area contributed by atoms with E-state index >= 15 is 0 Å². The Hall–Kier alpha value is -4.34. The average molecular weight is 583 g/mol. The molecule has 0 aliphatic carbocycles. The van der Waals surface area contributed by atoms with Crippen LogP contribution >= 0.6 is 11.3 Å². The Kier molecular flexibility index (Phi) is 10.2. The summed E-state index contributed by atoms with van der Waals surface area (Å²) in [6.07, 6.45) is 5.99. The number of nitrogens with zero attached hydrogens (tertiary/aromatic N) is 5. The number of likely N-dealkylation sites (N-methyl/N-ethyl adjacent to an activating group) is 1. The topological polar surface area (TPSA) is 86.2 Å². The third-order valence-electron chi connectivity index (χ3n) is 7.03. The molecule has 0 spiro atoms. The molecule has 1 aromatic carbocycles. The molecule has 0 unspecified atom stereocenters. The van der Waals surface area contributed by atoms with Crippen LogP contribution in [0.4, 0.5) is 16.4 Å². The van der Waals surface area contributed by atoms with Gasteiger partial charge in [0.2, 0.25) is 0 Å². The van der Waals surface area contributed by atoms with Crippen molar-refractivity contribution in [1.82, 2.24) is 24.5 Å². The van der Waals surface area contributed by atoms with Crippen LogP contribution in [0, 0.1) is 0 Å². The number of benzene rings is 1. The number of imidazole rings is 1. The highest BCUT2D eigenvalue weighted by Gasteiger charge is 2.17. The zero-order valence-corrected chi connectivity index (χ0v) is 26.1. The molecule has 1 aliphatic rings. The van der Waals surface area contributed by atoms with Crippen LogP contribution in [0.5, 0.6) is 0 Å². The van der Waals surface area contributed by atoms with Crippen LogP contribution in [0.15, 0.2) is 85.2 Å². The fraction of sp³-hybridized carbons (Fsp3) is 0.273. The maximum atomic E-state index is 6.06. The predicted molar refractivity (Wildman–Crippen MR) is 182 cm³/mol. The number of hydrogen-bond donors (Lipinski definition) is 3. The van der Waals surface area contributed by atoms with Gasteiger partial charge in [0.25, 0.3) is 0 Å². The quantitative estimate of drug-likeness (QED) is 0.118. The van der Waals surface area contributed by atoms with Gasteiger partial charge in [-0.2, -0.15) is 0 Å². The Balaban J connectivity index is 0.00000198. The molecule has 3 aromatic heterocycles. The molecule has 0 amide bonds. The second kappa shape index (κ2) is 14.0. The zero-order valence-electron chi connectivity index (χ0n) is 25.3. The van der Waals surface area contributed by atoms with E-state index in [4.69, 9.17) is 15.7 Å². The van der Waals surface area contributed by atoms with Gasteiger partial charge in [-0.1, -0.05) is 45.2 Å². The van der Waals surface area contributed by atoms with E-state index in [-0.39, 0.29) is 0 Å². The molecular formula is C33H42N8S. The molecule has 5 rings (SSSR count). The summed E-state index contributed by atoms with van der Waals surface area (Å²) in [6.45, 7) is 20.6. The van der Waals surface area contributed by atoms with Gasteiger partial charge >= 0.3 is 0 Å². The van der Waals surface area contributed by atoms with Gasteiger partial charge in [-0.3, -0.25) is 4.40 Å². The number of anilines is 2. The molecule has 8 nitrogen and oxygen atoms in total. The number of aromatic nitrogens is 2. The lowest BCUT2D eigenvalue weighted by atomic mass is 10.1. The summed E-state index contributed by atoms with van der Waals surface area (Å²) in [6, 6.07) is 15.9. The number of thiophene rings is 1. The summed E-state index contributed by atoms with van der Waals surface area (Å²) in [5, 5.41) is 7.64. The molecule has 0 saturated carbocycles. The maximum Gasteiger partial charge on any atom is 0.137 e. The molecule has 1 saturated heterocycles. The van der Waals surface area contributed by atoms with Crippen LogP contribution < -0.4 is 16.4 Å². The predicted octanol–water partition coefficient (Wildman–Crippen LogP) is 7.01. The number of fused-ring (bicyclic) bond motifs is 1. The summed E-state index contributed by atoms with van der Waals surface area (Å²) in [7, 11) is 2.16. The van der Waals surface area contributed by atoms with E-state index in [9.17, 15) is 0 Å². The van der Waals surface area contributed by atoms with E-state index in [0.29, 0.717) is 5.69 Å². The molecule has 1 aliphatic heterocycles. The van der Waals surface area contributed by atoms with Gasteiger partial charge in [0.15, 0.2) is 0 Å². The first-order chi connectivity index (χ1) is 20.3. The summed E-state index contributed by atoms with van der Waals surface area (Å²) in [5.41, 5.74) is 13.3. The smallest absolute Gasteiger partial charge is 0.137 e. The fourth-order valence-electron chi connectivity index (χ4n) is 4.68. The van der Waals surface area contributed by atoms with E-state index in [0.717, 1.165) is 81.6 Å². The number of nitrogens with two attached hydrogens (primary N) is 1. The van der Waals surface area contributed by atoms with Crippen molar-refractivity contribution in [2.75, 3.05) is 44.3 Å². The molecule has 9 heteroatoms. The van der Waals surface area contributed by atoms with Crippen molar-refractivity contribution in [3.05, 3.63) is 96.3 Å². The third-order valence-corrected chi connectivity index (χ3v) is 8.06. The van der Waals surface area contributed by atoms with Crippen molar-refractivity contribution in [2.45, 2.75) is 27.7 Å². The number of nitrogen functional groups attached to an aromatic ring is 1. The first-order valence-electron chi connectivity index (χ1n) is 14.3. The van der Waals surface area contributed by atoms with Crippen molar-refractivity contribution < 1.29 is 0 Å². The maximum absolute atomic E-state index is 6.06. The highest BCUT2D eigenvalue weighted by molar-refractivity contribution is 7.16. The normalized spacial score (nSPS) is 14.4. The SMILES string of the molecule is C=C(Nc1ccccc1N)c1ccc(/N=C(/C)N/C(=C\C)c2cnc3cc(C(=C)N4CCN(C)CC4)ccn23)s1.CC. The van der Waals surface area contributed by atoms with Gasteiger partial charge in [-0.25, -0.2) is 9.98 Å². The highest BCUT2D eigenvalue weighted by Crippen LogP contribution is 2.31. The van der Waals surface area contributed by atoms with E-state index in [2.05, 4.69) is 63.4 Å². The minimum Gasteiger partial charge on any atom is -0.397 e. The van der Waals surface area contributed by atoms with E-state index in [1.165, 1.54) is 0 Å². The lowest BCUT2D eigenvalue weighted by molar-refractivity contribution is 0.207. The average Bonchev–Trinajstić information content (AvgIpc) is 3.65. The second-order valence-electron chi connectivity index (χ2n) is 9.88.